The van der Waals surface area contributed by atoms with E-state index in [1.807, 2.05) is 6.07 Å². The fourth-order valence-electron chi connectivity index (χ4n) is 1.95. The summed E-state index contributed by atoms with van der Waals surface area (Å²) in [5.41, 5.74) is 1.24. The Bertz CT molecular complexity index is 471. The number of aliphatic hydroxyl groups is 1. The van der Waals surface area contributed by atoms with Crippen LogP contribution in [0.4, 0.5) is 11.4 Å². The van der Waals surface area contributed by atoms with Crippen molar-refractivity contribution in [3.63, 3.8) is 0 Å². The minimum Gasteiger partial charge on any atom is -0.384 e. The Kier molecular flexibility index (Phi) is 3.62. The van der Waals surface area contributed by atoms with Gasteiger partial charge in [0.15, 0.2) is 0 Å². The Hall–Kier alpha value is -1.88. The lowest BCUT2D eigenvalue weighted by molar-refractivity contribution is -0.123. The summed E-state index contributed by atoms with van der Waals surface area (Å²) < 4.78 is 0. The fourth-order valence-corrected chi connectivity index (χ4v) is 1.95. The average Bonchev–Trinajstić information content (AvgIpc) is 2.76. The monoisotopic (exact) mass is 248 g/mol. The topological polar surface area (TPSA) is 69.6 Å². The third-order valence-electron chi connectivity index (χ3n) is 2.91. The summed E-state index contributed by atoms with van der Waals surface area (Å²) in [6.07, 6.45) is 0.295. The smallest absolute Gasteiger partial charge is 0.252 e. The number of nitrogens with one attached hydrogen (secondary N) is 1. The molecule has 1 unspecified atom stereocenters. The number of rotatable bonds is 3. The minimum atomic E-state index is -1.08. The normalized spacial score (nSPS) is 16.8. The van der Waals surface area contributed by atoms with Crippen LogP contribution in [-0.4, -0.2) is 29.6 Å². The molecule has 1 aliphatic rings. The lowest BCUT2D eigenvalue weighted by Crippen LogP contribution is -2.28. The number of amides is 2. The number of nitrogens with zero attached hydrogens (tertiary/aromatic N) is 1. The summed E-state index contributed by atoms with van der Waals surface area (Å²) >= 11 is 0. The molecule has 5 nitrogen and oxygen atoms in total. The van der Waals surface area contributed by atoms with Gasteiger partial charge in [0.2, 0.25) is 5.91 Å². The highest BCUT2D eigenvalue weighted by Gasteiger charge is 2.24. The van der Waals surface area contributed by atoms with Crippen molar-refractivity contribution in [2.45, 2.75) is 25.9 Å². The van der Waals surface area contributed by atoms with Gasteiger partial charge in [-0.2, -0.15) is 0 Å². The number of aliphatic hydroxyl groups excluding tert-OH is 1. The summed E-state index contributed by atoms with van der Waals surface area (Å²) in [4.78, 5) is 24.9. The summed E-state index contributed by atoms with van der Waals surface area (Å²) in [7, 11) is 0. The van der Waals surface area contributed by atoms with Gasteiger partial charge in [-0.05, 0) is 25.5 Å². The SMILES string of the molecule is CC(O)C(=O)Nc1ccccc1N1CCCC1=O. The third kappa shape index (κ3) is 2.51. The van der Waals surface area contributed by atoms with Gasteiger partial charge in [-0.1, -0.05) is 12.1 Å². The maximum Gasteiger partial charge on any atom is 0.252 e. The number of carbonyl (C=O) groups is 2. The standard InChI is InChI=1S/C13H16N2O3/c1-9(16)13(18)14-10-5-2-3-6-11(10)15-8-4-7-12(15)17/h2-3,5-6,9,16H,4,7-8H2,1H3,(H,14,18). The van der Waals surface area contributed by atoms with Crippen LogP contribution in [0.15, 0.2) is 24.3 Å². The van der Waals surface area contributed by atoms with Crippen LogP contribution < -0.4 is 10.2 Å². The molecule has 0 aliphatic carbocycles. The zero-order valence-electron chi connectivity index (χ0n) is 10.2. The van der Waals surface area contributed by atoms with Crippen LogP contribution in [0.2, 0.25) is 0 Å². The van der Waals surface area contributed by atoms with Gasteiger partial charge in [0.05, 0.1) is 11.4 Å². The number of hydrogen-bond donors (Lipinski definition) is 2. The van der Waals surface area contributed by atoms with E-state index in [1.54, 1.807) is 23.1 Å². The molecule has 0 aromatic heterocycles. The highest BCUT2D eigenvalue weighted by atomic mass is 16.3. The third-order valence-corrected chi connectivity index (χ3v) is 2.91. The molecule has 1 aliphatic heterocycles. The van der Waals surface area contributed by atoms with Crippen LogP contribution in [-0.2, 0) is 9.59 Å². The first-order valence-corrected chi connectivity index (χ1v) is 5.98. The van der Waals surface area contributed by atoms with Gasteiger partial charge >= 0.3 is 0 Å². The van der Waals surface area contributed by atoms with Gasteiger partial charge in [0.25, 0.3) is 5.91 Å². The van der Waals surface area contributed by atoms with Crippen molar-refractivity contribution in [3.05, 3.63) is 24.3 Å². The highest BCUT2D eigenvalue weighted by Crippen LogP contribution is 2.29. The van der Waals surface area contributed by atoms with Crippen molar-refractivity contribution in [2.75, 3.05) is 16.8 Å². The predicted octanol–water partition coefficient (Wildman–Crippen LogP) is 1.13. The highest BCUT2D eigenvalue weighted by molar-refractivity contribution is 6.02. The molecular formula is C13H16N2O3. The van der Waals surface area contributed by atoms with Crippen LogP contribution in [0.5, 0.6) is 0 Å². The second-order valence-corrected chi connectivity index (χ2v) is 4.33. The first-order valence-electron chi connectivity index (χ1n) is 5.98. The molecule has 5 heteroatoms. The molecule has 1 saturated heterocycles. The molecular weight excluding hydrogens is 232 g/mol. The molecule has 18 heavy (non-hydrogen) atoms. The van der Waals surface area contributed by atoms with Crippen molar-refractivity contribution in [1.82, 2.24) is 0 Å². The maximum absolute atomic E-state index is 11.7. The lowest BCUT2D eigenvalue weighted by Gasteiger charge is -2.20. The second-order valence-electron chi connectivity index (χ2n) is 4.33. The van der Waals surface area contributed by atoms with Crippen LogP contribution >= 0.6 is 0 Å². The van der Waals surface area contributed by atoms with Crippen molar-refractivity contribution in [1.29, 1.82) is 0 Å². The fraction of sp³-hybridized carbons (Fsp3) is 0.385. The van der Waals surface area contributed by atoms with Gasteiger partial charge in [-0.15, -0.1) is 0 Å². The van der Waals surface area contributed by atoms with Crippen molar-refractivity contribution in [3.8, 4) is 0 Å². The van der Waals surface area contributed by atoms with Gasteiger partial charge < -0.3 is 15.3 Å². The molecule has 0 spiro atoms. The number of hydrogen-bond acceptors (Lipinski definition) is 3. The molecule has 0 saturated carbocycles. The molecule has 1 aromatic rings. The number of para-hydroxylation sites is 2. The molecule has 1 atom stereocenters. The quantitative estimate of drug-likeness (QED) is 0.842. The molecule has 1 fully saturated rings. The Morgan fingerprint density at radius 3 is 2.78 bits per heavy atom. The molecule has 0 bridgehead atoms. The van der Waals surface area contributed by atoms with E-state index in [1.165, 1.54) is 6.92 Å². The van der Waals surface area contributed by atoms with Gasteiger partial charge in [-0.3, -0.25) is 9.59 Å². The van der Waals surface area contributed by atoms with E-state index in [2.05, 4.69) is 5.32 Å². The van der Waals surface area contributed by atoms with E-state index in [-0.39, 0.29) is 5.91 Å². The molecule has 96 valence electrons. The Labute approximate surface area is 105 Å². The summed E-state index contributed by atoms with van der Waals surface area (Å²) in [6, 6.07) is 7.11. The van der Waals surface area contributed by atoms with E-state index >= 15 is 0 Å². The average molecular weight is 248 g/mol. The first-order chi connectivity index (χ1) is 8.59. The van der Waals surface area contributed by atoms with Gasteiger partial charge in [0, 0.05) is 13.0 Å². The van der Waals surface area contributed by atoms with E-state index in [4.69, 9.17) is 0 Å². The lowest BCUT2D eigenvalue weighted by atomic mass is 10.2. The predicted molar refractivity (Wildman–Crippen MR) is 68.3 cm³/mol. The van der Waals surface area contributed by atoms with Gasteiger partial charge in [0.1, 0.15) is 6.10 Å². The first kappa shape index (κ1) is 12.6. The van der Waals surface area contributed by atoms with E-state index in [0.717, 1.165) is 6.42 Å². The Morgan fingerprint density at radius 2 is 2.17 bits per heavy atom. The number of benzene rings is 1. The largest absolute Gasteiger partial charge is 0.384 e. The van der Waals surface area contributed by atoms with Crippen LogP contribution in [0.3, 0.4) is 0 Å². The number of carbonyl (C=O) groups excluding carboxylic acids is 2. The molecule has 2 rings (SSSR count). The second kappa shape index (κ2) is 5.18. The van der Waals surface area contributed by atoms with Gasteiger partial charge in [-0.25, -0.2) is 0 Å². The number of anilines is 2. The summed E-state index contributed by atoms with van der Waals surface area (Å²) in [6.45, 7) is 2.07. The van der Waals surface area contributed by atoms with Crippen molar-refractivity contribution in [2.24, 2.45) is 0 Å². The molecule has 1 aromatic carbocycles. The van der Waals surface area contributed by atoms with Crippen molar-refractivity contribution < 1.29 is 14.7 Å². The molecule has 0 radical (unpaired) electrons. The Morgan fingerprint density at radius 1 is 1.44 bits per heavy atom. The van der Waals surface area contributed by atoms with Crippen molar-refractivity contribution >= 4 is 23.2 Å². The summed E-state index contributed by atoms with van der Waals surface area (Å²) in [5, 5.41) is 11.8. The van der Waals surface area contributed by atoms with Crippen LogP contribution in [0, 0.1) is 0 Å². The zero-order valence-corrected chi connectivity index (χ0v) is 10.2. The molecule has 1 heterocycles. The summed E-state index contributed by atoms with van der Waals surface area (Å²) in [5.74, 6) is -0.414. The van der Waals surface area contributed by atoms with Crippen LogP contribution in [0.25, 0.3) is 0 Å². The van der Waals surface area contributed by atoms with E-state index in [9.17, 15) is 14.7 Å². The van der Waals surface area contributed by atoms with Crippen LogP contribution in [0.1, 0.15) is 19.8 Å². The van der Waals surface area contributed by atoms with E-state index < -0.39 is 12.0 Å². The molecule has 2 N–H and O–H groups in total. The zero-order chi connectivity index (χ0) is 13.1. The maximum atomic E-state index is 11.7. The van der Waals surface area contributed by atoms with E-state index in [0.29, 0.717) is 24.3 Å². The Balaban J connectivity index is 2.25. The minimum absolute atomic E-state index is 0.0637. The molecule has 2 amide bonds.